The monoisotopic (exact) mass is 280 g/mol. The average Bonchev–Trinajstić information content (AvgIpc) is 2.42. The molecule has 0 aromatic heterocycles. The summed E-state index contributed by atoms with van der Waals surface area (Å²) in [6, 6.07) is 6.74. The topological polar surface area (TPSA) is 89.9 Å². The van der Waals surface area contributed by atoms with Crippen LogP contribution in [0.3, 0.4) is 0 Å². The Morgan fingerprint density at radius 3 is 2.30 bits per heavy atom. The smallest absolute Gasteiger partial charge is 0.330 e. The zero-order chi connectivity index (χ0) is 15.1. The van der Waals surface area contributed by atoms with E-state index in [1.54, 1.807) is 44.2 Å². The van der Waals surface area contributed by atoms with E-state index in [9.17, 15) is 14.7 Å². The van der Waals surface area contributed by atoms with Gasteiger partial charge in [-0.05, 0) is 19.4 Å². The van der Waals surface area contributed by atoms with Crippen molar-refractivity contribution in [3.8, 4) is 0 Å². The second kappa shape index (κ2) is 7.49. The number of benzene rings is 1. The Labute approximate surface area is 118 Å². The number of hydrogen-bond donors (Lipinski definition) is 3. The molecule has 0 bridgehead atoms. The summed E-state index contributed by atoms with van der Waals surface area (Å²) in [4.78, 5) is 24.8. The summed E-state index contributed by atoms with van der Waals surface area (Å²) >= 11 is 0. The van der Waals surface area contributed by atoms with E-state index in [-0.39, 0.29) is 19.2 Å². The summed E-state index contributed by atoms with van der Waals surface area (Å²) in [5, 5.41) is 20.7. The number of nitrogens with zero attached hydrogens (tertiary/aromatic N) is 1. The van der Waals surface area contributed by atoms with E-state index < -0.39 is 18.0 Å². The standard InChI is InChI=1S/C14H20N2O4/c1-10(2)16(8-9-17)14(20)15-12(13(18)19)11-6-4-3-5-7-11/h3-7,10,12,17H,8-9H2,1-2H3,(H,15,20)(H,18,19). The summed E-state index contributed by atoms with van der Waals surface area (Å²) in [6.45, 7) is 3.58. The predicted octanol–water partition coefficient (Wildman–Crippen LogP) is 1.22. The number of carbonyl (C=O) groups excluding carboxylic acids is 1. The summed E-state index contributed by atoms with van der Waals surface area (Å²) in [5.74, 6) is -1.13. The number of amides is 2. The third-order valence-electron chi connectivity index (χ3n) is 2.87. The molecule has 0 aliphatic heterocycles. The summed E-state index contributed by atoms with van der Waals surface area (Å²) in [7, 11) is 0. The van der Waals surface area contributed by atoms with Crippen molar-refractivity contribution in [3.05, 3.63) is 35.9 Å². The molecule has 1 aromatic rings. The first-order valence-electron chi connectivity index (χ1n) is 6.43. The number of nitrogens with one attached hydrogen (secondary N) is 1. The minimum atomic E-state index is -1.13. The lowest BCUT2D eigenvalue weighted by Crippen LogP contribution is -2.47. The van der Waals surface area contributed by atoms with Crippen LogP contribution in [0.25, 0.3) is 0 Å². The van der Waals surface area contributed by atoms with E-state index in [0.29, 0.717) is 5.56 Å². The van der Waals surface area contributed by atoms with Crippen LogP contribution < -0.4 is 5.32 Å². The highest BCUT2D eigenvalue weighted by Crippen LogP contribution is 2.13. The molecule has 6 nitrogen and oxygen atoms in total. The lowest BCUT2D eigenvalue weighted by atomic mass is 10.1. The number of aliphatic carboxylic acids is 1. The number of carbonyl (C=O) groups is 2. The molecular formula is C14H20N2O4. The van der Waals surface area contributed by atoms with E-state index in [1.807, 2.05) is 0 Å². The van der Waals surface area contributed by atoms with Crippen molar-refractivity contribution in [2.24, 2.45) is 0 Å². The van der Waals surface area contributed by atoms with Gasteiger partial charge in [0.25, 0.3) is 0 Å². The fraction of sp³-hybridized carbons (Fsp3) is 0.429. The molecule has 2 amide bonds. The van der Waals surface area contributed by atoms with Crippen LogP contribution in [0.2, 0.25) is 0 Å². The summed E-state index contributed by atoms with van der Waals surface area (Å²) in [6.07, 6.45) is 0. The van der Waals surface area contributed by atoms with Crippen molar-refractivity contribution < 1.29 is 19.8 Å². The third kappa shape index (κ3) is 4.24. The van der Waals surface area contributed by atoms with E-state index in [1.165, 1.54) is 4.90 Å². The Hall–Kier alpha value is -2.08. The van der Waals surface area contributed by atoms with Gasteiger partial charge in [0, 0.05) is 12.6 Å². The number of hydrogen-bond acceptors (Lipinski definition) is 3. The summed E-state index contributed by atoms with van der Waals surface area (Å²) < 4.78 is 0. The van der Waals surface area contributed by atoms with Crippen LogP contribution in [0, 0.1) is 0 Å². The molecule has 0 aliphatic carbocycles. The highest BCUT2D eigenvalue weighted by molar-refractivity contribution is 5.83. The second-order valence-electron chi connectivity index (χ2n) is 4.64. The van der Waals surface area contributed by atoms with Gasteiger partial charge in [-0.15, -0.1) is 0 Å². The zero-order valence-electron chi connectivity index (χ0n) is 11.6. The number of aliphatic hydroxyl groups excluding tert-OH is 1. The first kappa shape index (κ1) is 16.0. The highest BCUT2D eigenvalue weighted by Gasteiger charge is 2.25. The maximum absolute atomic E-state index is 12.1. The largest absolute Gasteiger partial charge is 0.479 e. The van der Waals surface area contributed by atoms with Crippen molar-refractivity contribution in [3.63, 3.8) is 0 Å². The van der Waals surface area contributed by atoms with Crippen LogP contribution in [0.15, 0.2) is 30.3 Å². The van der Waals surface area contributed by atoms with Gasteiger partial charge in [-0.3, -0.25) is 0 Å². The Bertz CT molecular complexity index is 448. The maximum Gasteiger partial charge on any atom is 0.330 e. The first-order valence-corrected chi connectivity index (χ1v) is 6.43. The SMILES string of the molecule is CC(C)N(CCO)C(=O)NC(C(=O)O)c1ccccc1. The molecule has 0 saturated heterocycles. The molecule has 1 unspecified atom stereocenters. The van der Waals surface area contributed by atoms with Crippen LogP contribution >= 0.6 is 0 Å². The van der Waals surface area contributed by atoms with Crippen LogP contribution in [0.4, 0.5) is 4.79 Å². The lowest BCUT2D eigenvalue weighted by molar-refractivity contribution is -0.139. The van der Waals surface area contributed by atoms with Gasteiger partial charge in [0.05, 0.1) is 6.61 Å². The normalized spacial score (nSPS) is 12.0. The van der Waals surface area contributed by atoms with E-state index in [2.05, 4.69) is 5.32 Å². The number of aliphatic hydroxyl groups is 1. The fourth-order valence-corrected chi connectivity index (χ4v) is 1.84. The minimum absolute atomic E-state index is 0.132. The molecular weight excluding hydrogens is 260 g/mol. The van der Waals surface area contributed by atoms with Gasteiger partial charge >= 0.3 is 12.0 Å². The minimum Gasteiger partial charge on any atom is -0.479 e. The molecule has 1 aromatic carbocycles. The van der Waals surface area contributed by atoms with E-state index in [4.69, 9.17) is 5.11 Å². The Kier molecular flexibility index (Phi) is 5.99. The molecule has 0 spiro atoms. The molecule has 3 N–H and O–H groups in total. The first-order chi connectivity index (χ1) is 9.47. The van der Waals surface area contributed by atoms with Gasteiger partial charge in [0.15, 0.2) is 6.04 Å². The lowest BCUT2D eigenvalue weighted by Gasteiger charge is -2.28. The molecule has 20 heavy (non-hydrogen) atoms. The quantitative estimate of drug-likeness (QED) is 0.731. The van der Waals surface area contributed by atoms with Crippen LogP contribution in [-0.2, 0) is 4.79 Å². The van der Waals surface area contributed by atoms with Crippen molar-refractivity contribution in [2.45, 2.75) is 25.9 Å². The van der Waals surface area contributed by atoms with Gasteiger partial charge in [-0.1, -0.05) is 30.3 Å². The third-order valence-corrected chi connectivity index (χ3v) is 2.87. The number of urea groups is 1. The maximum atomic E-state index is 12.1. The van der Waals surface area contributed by atoms with Crippen molar-refractivity contribution >= 4 is 12.0 Å². The molecule has 110 valence electrons. The molecule has 1 rings (SSSR count). The molecule has 0 aliphatic rings. The molecule has 0 saturated carbocycles. The van der Waals surface area contributed by atoms with Crippen molar-refractivity contribution in [1.82, 2.24) is 10.2 Å². The second-order valence-corrected chi connectivity index (χ2v) is 4.64. The van der Waals surface area contributed by atoms with Gasteiger partial charge < -0.3 is 20.4 Å². The van der Waals surface area contributed by atoms with Crippen LogP contribution in [0.5, 0.6) is 0 Å². The van der Waals surface area contributed by atoms with Gasteiger partial charge in [0.2, 0.25) is 0 Å². The number of carboxylic acids is 1. The predicted molar refractivity (Wildman–Crippen MR) is 74.3 cm³/mol. The molecule has 1 atom stereocenters. The molecule has 0 radical (unpaired) electrons. The zero-order valence-corrected chi connectivity index (χ0v) is 11.6. The van der Waals surface area contributed by atoms with Crippen molar-refractivity contribution in [2.75, 3.05) is 13.2 Å². The molecule has 0 heterocycles. The van der Waals surface area contributed by atoms with Gasteiger partial charge in [-0.25, -0.2) is 9.59 Å². The Morgan fingerprint density at radius 1 is 1.25 bits per heavy atom. The van der Waals surface area contributed by atoms with Crippen LogP contribution in [-0.4, -0.2) is 46.3 Å². The summed E-state index contributed by atoms with van der Waals surface area (Å²) in [5.41, 5.74) is 0.501. The molecule has 0 fully saturated rings. The number of rotatable bonds is 6. The average molecular weight is 280 g/mol. The van der Waals surface area contributed by atoms with E-state index in [0.717, 1.165) is 0 Å². The van der Waals surface area contributed by atoms with Gasteiger partial charge in [-0.2, -0.15) is 0 Å². The van der Waals surface area contributed by atoms with Gasteiger partial charge in [0.1, 0.15) is 0 Å². The van der Waals surface area contributed by atoms with E-state index >= 15 is 0 Å². The number of carboxylic acid groups (broad SMARTS) is 1. The van der Waals surface area contributed by atoms with Crippen LogP contribution in [0.1, 0.15) is 25.5 Å². The Morgan fingerprint density at radius 2 is 1.85 bits per heavy atom. The molecule has 6 heteroatoms. The fourth-order valence-electron chi connectivity index (χ4n) is 1.84. The van der Waals surface area contributed by atoms with Crippen molar-refractivity contribution in [1.29, 1.82) is 0 Å². The highest BCUT2D eigenvalue weighted by atomic mass is 16.4. The Balaban J connectivity index is 2.86.